The number of hydrogen-bond acceptors (Lipinski definition) is 4. The molecular weight excluding hydrogens is 214 g/mol. The molecule has 0 amide bonds. The maximum absolute atomic E-state index is 9.43. The first-order valence-corrected chi connectivity index (χ1v) is 6.19. The number of aliphatic hydroxyl groups excluding tert-OH is 1. The summed E-state index contributed by atoms with van der Waals surface area (Å²) in [5.74, 6) is 0.563. The average molecular weight is 235 g/mol. The van der Waals surface area contributed by atoms with Crippen molar-refractivity contribution in [3.8, 4) is 0 Å². The van der Waals surface area contributed by atoms with E-state index >= 15 is 0 Å². The lowest BCUT2D eigenvalue weighted by Crippen LogP contribution is -2.35. The molecule has 0 aliphatic carbocycles. The second-order valence-electron chi connectivity index (χ2n) is 4.63. The minimum atomic E-state index is 0.0315. The van der Waals surface area contributed by atoms with Gasteiger partial charge in [-0.15, -0.1) is 0 Å². The Hall–Kier alpha value is -0.940. The topological polar surface area (TPSA) is 56.3 Å². The zero-order valence-electron chi connectivity index (χ0n) is 10.2. The summed E-state index contributed by atoms with van der Waals surface area (Å²) in [5, 5.41) is 12.9. The maximum Gasteiger partial charge on any atom is 0.0626 e. The molecule has 0 spiro atoms. The molecule has 1 aromatic carbocycles. The third-order valence-electron chi connectivity index (χ3n) is 3.41. The molecule has 17 heavy (non-hydrogen) atoms. The van der Waals surface area contributed by atoms with E-state index in [9.17, 15) is 5.11 Å². The SMILES string of the molecule is CC1NNCC1CNC(CO)c1ccccc1. The van der Waals surface area contributed by atoms with Crippen molar-refractivity contribution in [2.45, 2.75) is 19.0 Å². The van der Waals surface area contributed by atoms with E-state index in [2.05, 4.69) is 23.1 Å². The summed E-state index contributed by atoms with van der Waals surface area (Å²) in [6, 6.07) is 10.6. The van der Waals surface area contributed by atoms with Crippen LogP contribution in [0.4, 0.5) is 0 Å². The lowest BCUT2D eigenvalue weighted by molar-refractivity contribution is 0.238. The summed E-state index contributed by atoms with van der Waals surface area (Å²) in [6.45, 7) is 4.18. The minimum absolute atomic E-state index is 0.0315. The molecule has 1 aromatic rings. The normalized spacial score (nSPS) is 26.0. The predicted octanol–water partition coefficient (Wildman–Crippen LogP) is 0.422. The summed E-state index contributed by atoms with van der Waals surface area (Å²) >= 11 is 0. The van der Waals surface area contributed by atoms with Crippen LogP contribution in [0.15, 0.2) is 30.3 Å². The van der Waals surface area contributed by atoms with E-state index in [1.54, 1.807) is 0 Å². The second kappa shape index (κ2) is 6.12. The average Bonchev–Trinajstić information content (AvgIpc) is 2.77. The quantitative estimate of drug-likeness (QED) is 0.597. The molecule has 4 N–H and O–H groups in total. The number of hydrazine groups is 1. The number of aliphatic hydroxyl groups is 1. The van der Waals surface area contributed by atoms with Gasteiger partial charge in [0.2, 0.25) is 0 Å². The molecule has 3 atom stereocenters. The van der Waals surface area contributed by atoms with Gasteiger partial charge in [-0.1, -0.05) is 30.3 Å². The van der Waals surface area contributed by atoms with Crippen molar-refractivity contribution >= 4 is 0 Å². The smallest absolute Gasteiger partial charge is 0.0626 e. The second-order valence-corrected chi connectivity index (χ2v) is 4.63. The number of nitrogens with one attached hydrogen (secondary N) is 3. The van der Waals surface area contributed by atoms with Gasteiger partial charge in [0.15, 0.2) is 0 Å². The van der Waals surface area contributed by atoms with E-state index in [1.807, 2.05) is 30.3 Å². The van der Waals surface area contributed by atoms with Crippen LogP contribution < -0.4 is 16.2 Å². The predicted molar refractivity (Wildman–Crippen MR) is 68.4 cm³/mol. The van der Waals surface area contributed by atoms with Crippen LogP contribution in [0.1, 0.15) is 18.5 Å². The van der Waals surface area contributed by atoms with E-state index < -0.39 is 0 Å². The fraction of sp³-hybridized carbons (Fsp3) is 0.538. The molecule has 1 heterocycles. The van der Waals surface area contributed by atoms with Crippen LogP contribution in [0, 0.1) is 5.92 Å². The molecule has 4 nitrogen and oxygen atoms in total. The molecule has 4 heteroatoms. The Labute approximate surface area is 102 Å². The summed E-state index contributed by atoms with van der Waals surface area (Å²) in [4.78, 5) is 0. The molecule has 1 aliphatic rings. The van der Waals surface area contributed by atoms with Crippen LogP contribution in [-0.4, -0.2) is 30.8 Å². The standard InChI is InChI=1S/C13H21N3O/c1-10-12(8-15-16-10)7-14-13(9-17)11-5-3-2-4-6-11/h2-6,10,12-17H,7-9H2,1H3. The third kappa shape index (κ3) is 3.26. The molecule has 1 aliphatic heterocycles. The fourth-order valence-electron chi connectivity index (χ4n) is 2.16. The van der Waals surface area contributed by atoms with E-state index in [0.29, 0.717) is 12.0 Å². The van der Waals surface area contributed by atoms with Crippen molar-refractivity contribution in [3.05, 3.63) is 35.9 Å². The summed E-state index contributed by atoms with van der Waals surface area (Å²) < 4.78 is 0. The molecule has 0 saturated carbocycles. The van der Waals surface area contributed by atoms with E-state index in [-0.39, 0.29) is 12.6 Å². The van der Waals surface area contributed by atoms with Gasteiger partial charge in [-0.05, 0) is 12.5 Å². The molecule has 0 bridgehead atoms. The molecule has 2 rings (SSSR count). The Bertz CT molecular complexity index is 331. The molecule has 94 valence electrons. The molecular formula is C13H21N3O. The highest BCUT2D eigenvalue weighted by Gasteiger charge is 2.23. The largest absolute Gasteiger partial charge is 0.394 e. The van der Waals surface area contributed by atoms with Gasteiger partial charge in [-0.25, -0.2) is 0 Å². The van der Waals surface area contributed by atoms with Crippen molar-refractivity contribution in [2.75, 3.05) is 19.7 Å². The van der Waals surface area contributed by atoms with Gasteiger partial charge in [0.1, 0.15) is 0 Å². The molecule has 0 aromatic heterocycles. The first-order valence-electron chi connectivity index (χ1n) is 6.19. The van der Waals surface area contributed by atoms with Gasteiger partial charge < -0.3 is 10.4 Å². The Kier molecular flexibility index (Phi) is 4.50. The maximum atomic E-state index is 9.43. The number of rotatable bonds is 5. The van der Waals surface area contributed by atoms with Crippen LogP contribution in [0.2, 0.25) is 0 Å². The van der Waals surface area contributed by atoms with Crippen LogP contribution in [0.25, 0.3) is 0 Å². The summed E-state index contributed by atoms with van der Waals surface area (Å²) in [5.41, 5.74) is 7.49. The van der Waals surface area contributed by atoms with Crippen LogP contribution >= 0.6 is 0 Å². The molecule has 1 fully saturated rings. The van der Waals surface area contributed by atoms with Gasteiger partial charge in [0.05, 0.1) is 12.6 Å². The van der Waals surface area contributed by atoms with Gasteiger partial charge in [0, 0.05) is 25.0 Å². The third-order valence-corrected chi connectivity index (χ3v) is 3.41. The van der Waals surface area contributed by atoms with E-state index in [0.717, 1.165) is 18.7 Å². The van der Waals surface area contributed by atoms with Crippen molar-refractivity contribution < 1.29 is 5.11 Å². The summed E-state index contributed by atoms with van der Waals surface area (Å²) in [6.07, 6.45) is 0. The first kappa shape index (κ1) is 12.5. The van der Waals surface area contributed by atoms with E-state index in [1.165, 1.54) is 0 Å². The fourth-order valence-corrected chi connectivity index (χ4v) is 2.16. The highest BCUT2D eigenvalue weighted by Crippen LogP contribution is 2.13. The first-order chi connectivity index (χ1) is 8.31. The van der Waals surface area contributed by atoms with Crippen molar-refractivity contribution in [1.82, 2.24) is 16.2 Å². The van der Waals surface area contributed by atoms with Crippen LogP contribution in [0.5, 0.6) is 0 Å². The van der Waals surface area contributed by atoms with Crippen molar-refractivity contribution in [2.24, 2.45) is 5.92 Å². The Morgan fingerprint density at radius 3 is 2.76 bits per heavy atom. The Morgan fingerprint density at radius 2 is 2.18 bits per heavy atom. The van der Waals surface area contributed by atoms with Crippen LogP contribution in [0.3, 0.4) is 0 Å². The number of benzene rings is 1. The molecule has 3 unspecified atom stereocenters. The van der Waals surface area contributed by atoms with Gasteiger partial charge >= 0.3 is 0 Å². The van der Waals surface area contributed by atoms with Crippen LogP contribution in [-0.2, 0) is 0 Å². The monoisotopic (exact) mass is 235 g/mol. The van der Waals surface area contributed by atoms with Crippen molar-refractivity contribution in [1.29, 1.82) is 0 Å². The van der Waals surface area contributed by atoms with Gasteiger partial charge in [0.25, 0.3) is 0 Å². The van der Waals surface area contributed by atoms with E-state index in [4.69, 9.17) is 0 Å². The highest BCUT2D eigenvalue weighted by atomic mass is 16.3. The Balaban J connectivity index is 1.88. The van der Waals surface area contributed by atoms with Crippen molar-refractivity contribution in [3.63, 3.8) is 0 Å². The lowest BCUT2D eigenvalue weighted by Gasteiger charge is -2.20. The highest BCUT2D eigenvalue weighted by molar-refractivity contribution is 5.18. The Morgan fingerprint density at radius 1 is 1.41 bits per heavy atom. The summed E-state index contributed by atoms with van der Waals surface area (Å²) in [7, 11) is 0. The molecule has 1 saturated heterocycles. The van der Waals surface area contributed by atoms with Gasteiger partial charge in [-0.2, -0.15) is 0 Å². The molecule has 0 radical (unpaired) electrons. The minimum Gasteiger partial charge on any atom is -0.394 e. The zero-order chi connectivity index (χ0) is 12.1. The van der Waals surface area contributed by atoms with Gasteiger partial charge in [-0.3, -0.25) is 10.9 Å². The number of hydrogen-bond donors (Lipinski definition) is 4. The lowest BCUT2D eigenvalue weighted by atomic mass is 10.0. The zero-order valence-corrected chi connectivity index (χ0v) is 10.2.